The van der Waals surface area contributed by atoms with Gasteiger partial charge < -0.3 is 10.7 Å². The number of hydrogen-bond donors (Lipinski definition) is 1. The van der Waals surface area contributed by atoms with Crippen LogP contribution in [0.3, 0.4) is 0 Å². The average Bonchev–Trinajstić information content (AvgIpc) is 1.61. The molecule has 2 N–H and O–H groups in total. The average molecular weight is 131 g/mol. The standard InChI is InChI=1S/C4H9N3S/c1-7(2)6-3-4(5)8/h3H,1-2H3,(H2,5,8)/b6-3+. The smallest absolute Gasteiger partial charge is 0.116 e. The second-order valence-electron chi connectivity index (χ2n) is 1.49. The molecule has 0 aromatic heterocycles. The first kappa shape index (κ1) is 7.36. The summed E-state index contributed by atoms with van der Waals surface area (Å²) in [6, 6.07) is 0. The molecule has 0 aliphatic heterocycles. The maximum atomic E-state index is 5.10. The normalized spacial score (nSPS) is 9.75. The fraction of sp³-hybridized carbons (Fsp3) is 0.500. The van der Waals surface area contributed by atoms with Gasteiger partial charge >= 0.3 is 0 Å². The summed E-state index contributed by atoms with van der Waals surface area (Å²) in [7, 11) is 3.60. The third-order valence-corrected chi connectivity index (χ3v) is 0.521. The summed E-state index contributed by atoms with van der Waals surface area (Å²) in [5, 5.41) is 5.39. The summed E-state index contributed by atoms with van der Waals surface area (Å²) in [5.41, 5.74) is 5.10. The first-order valence-corrected chi connectivity index (χ1v) is 2.54. The molecular weight excluding hydrogens is 122 g/mol. The summed E-state index contributed by atoms with van der Waals surface area (Å²) in [6.07, 6.45) is 1.43. The van der Waals surface area contributed by atoms with Crippen LogP contribution in [0.4, 0.5) is 0 Å². The predicted octanol–water partition coefficient (Wildman–Crippen LogP) is -0.180. The molecule has 0 unspecified atom stereocenters. The van der Waals surface area contributed by atoms with Crippen LogP contribution in [0.15, 0.2) is 5.10 Å². The zero-order valence-corrected chi connectivity index (χ0v) is 5.77. The second kappa shape index (κ2) is 3.37. The molecule has 3 nitrogen and oxygen atoms in total. The summed E-state index contributed by atoms with van der Waals surface area (Å²) in [4.78, 5) is 0.304. The van der Waals surface area contributed by atoms with Gasteiger partial charge in [-0.3, -0.25) is 0 Å². The molecule has 8 heavy (non-hydrogen) atoms. The van der Waals surface area contributed by atoms with Crippen LogP contribution in [0, 0.1) is 0 Å². The van der Waals surface area contributed by atoms with Crippen LogP contribution in [0.5, 0.6) is 0 Å². The SMILES string of the molecule is CN(C)/N=C/C(N)=S. The van der Waals surface area contributed by atoms with Gasteiger partial charge in [-0.25, -0.2) is 0 Å². The molecule has 0 aromatic rings. The van der Waals surface area contributed by atoms with E-state index in [2.05, 4.69) is 17.3 Å². The Balaban J connectivity index is 3.50. The van der Waals surface area contributed by atoms with Crippen molar-refractivity contribution in [1.29, 1.82) is 0 Å². The lowest BCUT2D eigenvalue weighted by Gasteiger charge is -2.00. The van der Waals surface area contributed by atoms with Crippen LogP contribution in [-0.2, 0) is 0 Å². The number of hydrazone groups is 1. The fourth-order valence-corrected chi connectivity index (χ4v) is 0.220. The molecule has 0 amide bonds. The van der Waals surface area contributed by atoms with Crippen LogP contribution in [0.2, 0.25) is 0 Å². The van der Waals surface area contributed by atoms with Crippen molar-refractivity contribution in [1.82, 2.24) is 5.01 Å². The van der Waals surface area contributed by atoms with Crippen molar-refractivity contribution < 1.29 is 0 Å². The van der Waals surface area contributed by atoms with Crippen LogP contribution in [0.25, 0.3) is 0 Å². The molecular formula is C4H9N3S. The van der Waals surface area contributed by atoms with Gasteiger partial charge in [0.15, 0.2) is 0 Å². The lowest BCUT2D eigenvalue weighted by molar-refractivity contribution is 0.441. The molecule has 0 radical (unpaired) electrons. The molecule has 0 aliphatic carbocycles. The van der Waals surface area contributed by atoms with E-state index >= 15 is 0 Å². The number of nitrogens with two attached hydrogens (primary N) is 1. The molecule has 0 aliphatic rings. The van der Waals surface area contributed by atoms with Crippen molar-refractivity contribution in [3.8, 4) is 0 Å². The molecule has 0 saturated carbocycles. The van der Waals surface area contributed by atoms with Crippen molar-refractivity contribution in [2.75, 3.05) is 14.1 Å². The van der Waals surface area contributed by atoms with E-state index in [0.29, 0.717) is 4.99 Å². The van der Waals surface area contributed by atoms with E-state index in [1.807, 2.05) is 0 Å². The maximum Gasteiger partial charge on any atom is 0.116 e. The van der Waals surface area contributed by atoms with Crippen molar-refractivity contribution in [3.63, 3.8) is 0 Å². The van der Waals surface area contributed by atoms with E-state index in [4.69, 9.17) is 5.73 Å². The Morgan fingerprint density at radius 1 is 1.75 bits per heavy atom. The molecule has 0 bridgehead atoms. The Kier molecular flexibility index (Phi) is 3.10. The van der Waals surface area contributed by atoms with Crippen LogP contribution >= 0.6 is 12.2 Å². The van der Waals surface area contributed by atoms with E-state index in [-0.39, 0.29) is 0 Å². The van der Waals surface area contributed by atoms with Crippen LogP contribution < -0.4 is 5.73 Å². The number of thiocarbonyl (C=S) groups is 1. The Hall–Kier alpha value is -0.640. The Morgan fingerprint density at radius 3 is 2.38 bits per heavy atom. The number of nitrogens with zero attached hydrogens (tertiary/aromatic N) is 2. The largest absolute Gasteiger partial charge is 0.389 e. The Labute approximate surface area is 54.2 Å². The molecule has 4 heteroatoms. The monoisotopic (exact) mass is 131 g/mol. The fourth-order valence-electron chi connectivity index (χ4n) is 0.172. The first-order chi connectivity index (χ1) is 3.63. The summed E-state index contributed by atoms with van der Waals surface area (Å²) in [5.74, 6) is 0. The lowest BCUT2D eigenvalue weighted by Crippen LogP contribution is -2.12. The third kappa shape index (κ3) is 5.36. The maximum absolute atomic E-state index is 5.10. The molecule has 0 aromatic carbocycles. The van der Waals surface area contributed by atoms with Gasteiger partial charge in [0, 0.05) is 14.1 Å². The molecule has 46 valence electrons. The zero-order chi connectivity index (χ0) is 6.57. The van der Waals surface area contributed by atoms with E-state index < -0.39 is 0 Å². The highest BCUT2D eigenvalue weighted by atomic mass is 32.1. The van der Waals surface area contributed by atoms with Crippen LogP contribution in [-0.4, -0.2) is 30.3 Å². The topological polar surface area (TPSA) is 41.6 Å². The third-order valence-electron chi connectivity index (χ3n) is 0.416. The van der Waals surface area contributed by atoms with Gasteiger partial charge in [0.25, 0.3) is 0 Å². The minimum absolute atomic E-state index is 0.304. The van der Waals surface area contributed by atoms with Gasteiger partial charge in [-0.2, -0.15) is 5.10 Å². The van der Waals surface area contributed by atoms with Crippen molar-refractivity contribution in [2.24, 2.45) is 10.8 Å². The van der Waals surface area contributed by atoms with Gasteiger partial charge in [0.1, 0.15) is 4.99 Å². The van der Waals surface area contributed by atoms with Gasteiger partial charge in [-0.15, -0.1) is 0 Å². The number of hydrogen-bond acceptors (Lipinski definition) is 3. The Morgan fingerprint density at radius 2 is 2.25 bits per heavy atom. The number of rotatable bonds is 2. The zero-order valence-electron chi connectivity index (χ0n) is 4.96. The van der Waals surface area contributed by atoms with Crippen molar-refractivity contribution in [2.45, 2.75) is 0 Å². The quantitative estimate of drug-likeness (QED) is 0.321. The van der Waals surface area contributed by atoms with E-state index in [1.165, 1.54) is 6.21 Å². The highest BCUT2D eigenvalue weighted by Crippen LogP contribution is 1.70. The molecule has 0 heterocycles. The van der Waals surface area contributed by atoms with Gasteiger partial charge in [0.2, 0.25) is 0 Å². The molecule has 0 rings (SSSR count). The van der Waals surface area contributed by atoms with Crippen molar-refractivity contribution in [3.05, 3.63) is 0 Å². The van der Waals surface area contributed by atoms with E-state index in [9.17, 15) is 0 Å². The second-order valence-corrected chi connectivity index (χ2v) is 1.97. The summed E-state index contributed by atoms with van der Waals surface area (Å²) in [6.45, 7) is 0. The van der Waals surface area contributed by atoms with Crippen molar-refractivity contribution >= 4 is 23.4 Å². The van der Waals surface area contributed by atoms with E-state index in [1.54, 1.807) is 19.1 Å². The first-order valence-electron chi connectivity index (χ1n) is 2.13. The highest BCUT2D eigenvalue weighted by molar-refractivity contribution is 7.81. The predicted molar refractivity (Wildman–Crippen MR) is 39.0 cm³/mol. The van der Waals surface area contributed by atoms with E-state index in [0.717, 1.165) is 0 Å². The summed E-state index contributed by atoms with van der Waals surface area (Å²) >= 11 is 4.52. The minimum atomic E-state index is 0.304. The summed E-state index contributed by atoms with van der Waals surface area (Å²) < 4.78 is 0. The lowest BCUT2D eigenvalue weighted by atomic mass is 10.7. The van der Waals surface area contributed by atoms with Gasteiger partial charge in [-0.05, 0) is 0 Å². The molecule has 0 saturated heterocycles. The Bertz CT molecular complexity index is 108. The minimum Gasteiger partial charge on any atom is -0.389 e. The van der Waals surface area contributed by atoms with Gasteiger partial charge in [0.05, 0.1) is 6.21 Å². The molecule has 0 atom stereocenters. The van der Waals surface area contributed by atoms with Gasteiger partial charge in [-0.1, -0.05) is 12.2 Å². The van der Waals surface area contributed by atoms with Crippen LogP contribution in [0.1, 0.15) is 0 Å². The highest BCUT2D eigenvalue weighted by Gasteiger charge is 1.77. The molecule has 0 spiro atoms. The molecule has 0 fully saturated rings.